The van der Waals surface area contributed by atoms with Crippen molar-refractivity contribution in [1.82, 2.24) is 15.3 Å². The minimum atomic E-state index is 0.809. The lowest BCUT2D eigenvalue weighted by Gasteiger charge is -2.07. The van der Waals surface area contributed by atoms with Crippen LogP contribution < -0.4 is 10.6 Å². The Balaban J connectivity index is 1.62. The molecule has 0 unspecified atom stereocenters. The van der Waals surface area contributed by atoms with Crippen LogP contribution in [-0.2, 0) is 0 Å². The Morgan fingerprint density at radius 3 is 2.80 bits per heavy atom. The molecule has 1 heterocycles. The molecule has 0 atom stereocenters. The first-order chi connectivity index (χ1) is 7.36. The summed E-state index contributed by atoms with van der Waals surface area (Å²) in [7, 11) is 0. The van der Waals surface area contributed by atoms with Crippen molar-refractivity contribution in [3.8, 4) is 0 Å². The highest BCUT2D eigenvalue weighted by Crippen LogP contribution is 2.18. The molecule has 2 rings (SSSR count). The first kappa shape index (κ1) is 10.4. The van der Waals surface area contributed by atoms with Gasteiger partial charge in [0, 0.05) is 25.0 Å². The predicted octanol–water partition coefficient (Wildman–Crippen LogP) is 1.34. The first-order valence-electron chi connectivity index (χ1n) is 5.61. The zero-order chi connectivity index (χ0) is 10.5. The van der Waals surface area contributed by atoms with Crippen molar-refractivity contribution in [3.05, 3.63) is 18.1 Å². The van der Waals surface area contributed by atoms with E-state index >= 15 is 0 Å². The van der Waals surface area contributed by atoms with Gasteiger partial charge in [0.1, 0.15) is 5.82 Å². The van der Waals surface area contributed by atoms with E-state index in [0.29, 0.717) is 0 Å². The second kappa shape index (κ2) is 5.07. The number of nitrogens with zero attached hydrogens (tertiary/aromatic N) is 2. The lowest BCUT2D eigenvalue weighted by atomic mass is 10.4. The lowest BCUT2D eigenvalue weighted by Crippen LogP contribution is -2.20. The molecule has 1 fully saturated rings. The van der Waals surface area contributed by atoms with Crippen LogP contribution in [0, 0.1) is 6.92 Å². The van der Waals surface area contributed by atoms with Gasteiger partial charge in [0.25, 0.3) is 0 Å². The molecular formula is C11H18N4. The second-order valence-corrected chi connectivity index (χ2v) is 4.00. The number of hydrogen-bond donors (Lipinski definition) is 2. The number of nitrogens with one attached hydrogen (secondary N) is 2. The molecular weight excluding hydrogens is 188 g/mol. The van der Waals surface area contributed by atoms with Gasteiger partial charge in [0.2, 0.25) is 0 Å². The maximum atomic E-state index is 4.23. The molecule has 1 saturated carbocycles. The third-order valence-electron chi connectivity index (χ3n) is 2.54. The van der Waals surface area contributed by atoms with Crippen molar-refractivity contribution < 1.29 is 0 Å². The summed E-state index contributed by atoms with van der Waals surface area (Å²) in [5.41, 5.74) is 0.965. The molecule has 1 aromatic rings. The highest BCUT2D eigenvalue weighted by molar-refractivity contribution is 5.37. The fraction of sp³-hybridized carbons (Fsp3) is 0.636. The van der Waals surface area contributed by atoms with E-state index in [-0.39, 0.29) is 0 Å². The van der Waals surface area contributed by atoms with Crippen LogP contribution in [0.15, 0.2) is 12.4 Å². The maximum Gasteiger partial charge on any atom is 0.147 e. The van der Waals surface area contributed by atoms with Crippen molar-refractivity contribution in [2.24, 2.45) is 0 Å². The Bertz CT molecular complexity index is 309. The topological polar surface area (TPSA) is 49.8 Å². The van der Waals surface area contributed by atoms with E-state index < -0.39 is 0 Å². The summed E-state index contributed by atoms with van der Waals surface area (Å²) in [4.78, 5) is 8.40. The summed E-state index contributed by atoms with van der Waals surface area (Å²) in [5, 5.41) is 6.77. The van der Waals surface area contributed by atoms with Crippen molar-refractivity contribution in [2.45, 2.75) is 32.2 Å². The monoisotopic (exact) mass is 206 g/mol. The Morgan fingerprint density at radius 1 is 1.27 bits per heavy atom. The largest absolute Gasteiger partial charge is 0.369 e. The van der Waals surface area contributed by atoms with E-state index in [2.05, 4.69) is 20.6 Å². The molecule has 0 radical (unpaired) electrons. The molecule has 1 aromatic heterocycles. The molecule has 0 saturated heterocycles. The van der Waals surface area contributed by atoms with Gasteiger partial charge in [-0.3, -0.25) is 4.98 Å². The zero-order valence-electron chi connectivity index (χ0n) is 9.16. The van der Waals surface area contributed by atoms with Crippen LogP contribution in [0.3, 0.4) is 0 Å². The summed E-state index contributed by atoms with van der Waals surface area (Å²) in [5.74, 6) is 0.906. The number of anilines is 1. The van der Waals surface area contributed by atoms with E-state index in [0.717, 1.165) is 37.1 Å². The van der Waals surface area contributed by atoms with Crippen LogP contribution in [0.25, 0.3) is 0 Å². The second-order valence-electron chi connectivity index (χ2n) is 4.00. The van der Waals surface area contributed by atoms with Gasteiger partial charge in [-0.25, -0.2) is 4.98 Å². The van der Waals surface area contributed by atoms with E-state index in [1.165, 1.54) is 12.8 Å². The third kappa shape index (κ3) is 3.47. The zero-order valence-corrected chi connectivity index (χ0v) is 9.16. The molecule has 1 aliphatic rings. The minimum absolute atomic E-state index is 0.809. The van der Waals surface area contributed by atoms with Gasteiger partial charge in [0.15, 0.2) is 0 Å². The molecule has 0 aromatic carbocycles. The minimum Gasteiger partial charge on any atom is -0.369 e. The van der Waals surface area contributed by atoms with Gasteiger partial charge in [0.05, 0.1) is 5.69 Å². The molecule has 0 aliphatic heterocycles. The molecule has 0 bridgehead atoms. The van der Waals surface area contributed by atoms with Crippen LogP contribution >= 0.6 is 0 Å². The summed E-state index contributed by atoms with van der Waals surface area (Å²) < 4.78 is 0. The SMILES string of the molecule is Cc1nccnc1NCCCNC1CC1. The maximum absolute atomic E-state index is 4.23. The average molecular weight is 206 g/mol. The Morgan fingerprint density at radius 2 is 2.07 bits per heavy atom. The molecule has 0 amide bonds. The highest BCUT2D eigenvalue weighted by atomic mass is 15.0. The third-order valence-corrected chi connectivity index (χ3v) is 2.54. The number of aromatic nitrogens is 2. The summed E-state index contributed by atoms with van der Waals surface area (Å²) >= 11 is 0. The van der Waals surface area contributed by atoms with Crippen LogP contribution in [0.1, 0.15) is 25.0 Å². The normalized spacial score (nSPS) is 15.3. The van der Waals surface area contributed by atoms with E-state index in [4.69, 9.17) is 0 Å². The van der Waals surface area contributed by atoms with Gasteiger partial charge in [-0.1, -0.05) is 0 Å². The van der Waals surface area contributed by atoms with E-state index in [1.54, 1.807) is 12.4 Å². The molecule has 4 heteroatoms. The fourth-order valence-corrected chi connectivity index (χ4v) is 1.47. The number of hydrogen-bond acceptors (Lipinski definition) is 4. The fourth-order valence-electron chi connectivity index (χ4n) is 1.47. The Labute approximate surface area is 90.5 Å². The standard InChI is InChI=1S/C11H18N4/c1-9-11(15-8-7-12-9)14-6-2-5-13-10-3-4-10/h7-8,10,13H,2-6H2,1H3,(H,14,15). The molecule has 82 valence electrons. The number of rotatable bonds is 6. The summed E-state index contributed by atoms with van der Waals surface area (Å²) in [6.07, 6.45) is 7.28. The molecule has 2 N–H and O–H groups in total. The van der Waals surface area contributed by atoms with Crippen molar-refractivity contribution >= 4 is 5.82 Å². The smallest absolute Gasteiger partial charge is 0.147 e. The van der Waals surface area contributed by atoms with Crippen LogP contribution in [0.5, 0.6) is 0 Å². The predicted molar refractivity (Wildman–Crippen MR) is 60.9 cm³/mol. The highest BCUT2D eigenvalue weighted by Gasteiger charge is 2.19. The quantitative estimate of drug-likeness (QED) is 0.690. The van der Waals surface area contributed by atoms with Gasteiger partial charge in [-0.2, -0.15) is 0 Å². The summed E-state index contributed by atoms with van der Waals surface area (Å²) in [6, 6.07) is 0.809. The average Bonchev–Trinajstić information content (AvgIpc) is 3.04. The van der Waals surface area contributed by atoms with E-state index in [1.807, 2.05) is 6.92 Å². The number of aryl methyl sites for hydroxylation is 1. The Hall–Kier alpha value is -1.16. The van der Waals surface area contributed by atoms with Crippen molar-refractivity contribution in [3.63, 3.8) is 0 Å². The van der Waals surface area contributed by atoms with Crippen molar-refractivity contribution in [1.29, 1.82) is 0 Å². The molecule has 1 aliphatic carbocycles. The summed E-state index contributed by atoms with van der Waals surface area (Å²) in [6.45, 7) is 4.02. The van der Waals surface area contributed by atoms with Crippen LogP contribution in [-0.4, -0.2) is 29.1 Å². The first-order valence-corrected chi connectivity index (χ1v) is 5.61. The molecule has 4 nitrogen and oxygen atoms in total. The van der Waals surface area contributed by atoms with Gasteiger partial charge in [-0.15, -0.1) is 0 Å². The van der Waals surface area contributed by atoms with Gasteiger partial charge < -0.3 is 10.6 Å². The van der Waals surface area contributed by atoms with Crippen LogP contribution in [0.4, 0.5) is 5.82 Å². The van der Waals surface area contributed by atoms with Gasteiger partial charge >= 0.3 is 0 Å². The van der Waals surface area contributed by atoms with E-state index in [9.17, 15) is 0 Å². The van der Waals surface area contributed by atoms with Crippen molar-refractivity contribution in [2.75, 3.05) is 18.4 Å². The molecule has 15 heavy (non-hydrogen) atoms. The lowest BCUT2D eigenvalue weighted by molar-refractivity contribution is 0.658. The van der Waals surface area contributed by atoms with Crippen LogP contribution in [0.2, 0.25) is 0 Å². The molecule has 0 spiro atoms. The Kier molecular flexibility index (Phi) is 3.50. The van der Waals surface area contributed by atoms with Gasteiger partial charge in [-0.05, 0) is 32.7 Å².